The van der Waals surface area contributed by atoms with E-state index < -0.39 is 41.1 Å². The van der Waals surface area contributed by atoms with Crippen LogP contribution in [0, 0.1) is 10.1 Å². The first-order valence-corrected chi connectivity index (χ1v) is 6.37. The third-order valence-electron chi connectivity index (χ3n) is 2.83. The number of primary amides is 1. The van der Waals surface area contributed by atoms with E-state index in [1.165, 1.54) is 6.07 Å². The van der Waals surface area contributed by atoms with Gasteiger partial charge in [-0.2, -0.15) is 0 Å². The molecule has 0 aliphatic heterocycles. The minimum absolute atomic E-state index is 0.0612. The molecule has 9 heteroatoms. The Morgan fingerprint density at radius 1 is 1.41 bits per heavy atom. The predicted octanol–water partition coefficient (Wildman–Crippen LogP) is 0.0412. The summed E-state index contributed by atoms with van der Waals surface area (Å²) in [6.45, 7) is 1.69. The zero-order chi connectivity index (χ0) is 16.9. The van der Waals surface area contributed by atoms with E-state index in [9.17, 15) is 29.9 Å². The molecule has 0 bridgehead atoms. The van der Waals surface area contributed by atoms with E-state index in [1.807, 2.05) is 0 Å². The van der Waals surface area contributed by atoms with E-state index in [2.05, 4.69) is 0 Å². The zero-order valence-corrected chi connectivity index (χ0v) is 11.8. The SMILES string of the molecule is CCOC(=O)c1ccc(C(O)C(O)CC(N)=O)c([N+](=O)[O-])c1. The van der Waals surface area contributed by atoms with Crippen LogP contribution in [0.4, 0.5) is 5.69 Å². The largest absolute Gasteiger partial charge is 0.462 e. The summed E-state index contributed by atoms with van der Waals surface area (Å²) in [6.07, 6.45) is -3.84. The predicted molar refractivity (Wildman–Crippen MR) is 73.8 cm³/mol. The number of nitrogens with two attached hydrogens (primary N) is 1. The highest BCUT2D eigenvalue weighted by Gasteiger charge is 2.28. The minimum atomic E-state index is -1.69. The number of nitrogens with zero attached hydrogens (tertiary/aromatic N) is 1. The maximum Gasteiger partial charge on any atom is 0.338 e. The fourth-order valence-corrected chi connectivity index (χ4v) is 1.82. The summed E-state index contributed by atoms with van der Waals surface area (Å²) in [5.74, 6) is -1.61. The van der Waals surface area contributed by atoms with Crippen LogP contribution >= 0.6 is 0 Å². The van der Waals surface area contributed by atoms with Gasteiger partial charge in [0.15, 0.2) is 0 Å². The molecular formula is C13H16N2O7. The van der Waals surface area contributed by atoms with Crippen molar-refractivity contribution in [2.24, 2.45) is 5.73 Å². The maximum absolute atomic E-state index is 11.6. The molecule has 2 atom stereocenters. The third kappa shape index (κ3) is 4.24. The number of carbonyl (C=O) groups excluding carboxylic acids is 2. The molecule has 0 heterocycles. The van der Waals surface area contributed by atoms with Crippen LogP contribution in [-0.2, 0) is 9.53 Å². The van der Waals surface area contributed by atoms with Crippen LogP contribution in [0.2, 0.25) is 0 Å². The van der Waals surface area contributed by atoms with Crippen LogP contribution in [0.15, 0.2) is 18.2 Å². The summed E-state index contributed by atoms with van der Waals surface area (Å²) in [7, 11) is 0. The first-order valence-electron chi connectivity index (χ1n) is 6.37. The molecule has 2 unspecified atom stereocenters. The van der Waals surface area contributed by atoms with Crippen LogP contribution in [-0.4, -0.2) is 39.7 Å². The molecule has 0 radical (unpaired) electrons. The molecule has 1 rings (SSSR count). The number of nitro benzene ring substituents is 1. The van der Waals surface area contributed by atoms with E-state index in [0.717, 1.165) is 12.1 Å². The van der Waals surface area contributed by atoms with E-state index in [1.54, 1.807) is 6.92 Å². The summed E-state index contributed by atoms with van der Waals surface area (Å²) in [6, 6.07) is 3.29. The van der Waals surface area contributed by atoms with Crippen molar-refractivity contribution < 1.29 is 29.5 Å². The highest BCUT2D eigenvalue weighted by molar-refractivity contribution is 5.90. The normalized spacial score (nSPS) is 13.2. The van der Waals surface area contributed by atoms with Crippen molar-refractivity contribution >= 4 is 17.6 Å². The third-order valence-corrected chi connectivity index (χ3v) is 2.83. The van der Waals surface area contributed by atoms with Gasteiger partial charge in [-0.25, -0.2) is 4.79 Å². The summed E-state index contributed by atoms with van der Waals surface area (Å²) >= 11 is 0. The Kier molecular flexibility index (Phi) is 5.96. The molecule has 9 nitrogen and oxygen atoms in total. The Bertz CT molecular complexity index is 588. The molecule has 0 saturated carbocycles. The van der Waals surface area contributed by atoms with Crippen molar-refractivity contribution in [2.45, 2.75) is 25.6 Å². The molecule has 1 aromatic carbocycles. The number of nitro groups is 1. The molecule has 1 amide bonds. The molecular weight excluding hydrogens is 296 g/mol. The van der Waals surface area contributed by atoms with Gasteiger partial charge in [0.2, 0.25) is 5.91 Å². The number of rotatable bonds is 7. The fourth-order valence-electron chi connectivity index (χ4n) is 1.82. The second kappa shape index (κ2) is 7.48. The lowest BCUT2D eigenvalue weighted by atomic mass is 9.98. The van der Waals surface area contributed by atoms with Crippen LogP contribution < -0.4 is 5.73 Å². The number of benzene rings is 1. The van der Waals surface area contributed by atoms with Crippen molar-refractivity contribution in [1.29, 1.82) is 0 Å². The number of ether oxygens (including phenoxy) is 1. The molecule has 1 aromatic rings. The highest BCUT2D eigenvalue weighted by Crippen LogP contribution is 2.29. The average molecular weight is 312 g/mol. The molecule has 0 spiro atoms. The van der Waals surface area contributed by atoms with Gasteiger partial charge in [-0.05, 0) is 19.1 Å². The standard InChI is InChI=1S/C13H16N2O7/c1-2-22-13(19)7-3-4-8(9(5-7)15(20)21)12(18)10(16)6-11(14)17/h3-5,10,12,16,18H,2,6H2,1H3,(H2,14,17). The van der Waals surface area contributed by atoms with Gasteiger partial charge in [0.1, 0.15) is 6.10 Å². The fraction of sp³-hybridized carbons (Fsp3) is 0.385. The van der Waals surface area contributed by atoms with Crippen molar-refractivity contribution in [3.8, 4) is 0 Å². The molecule has 120 valence electrons. The topological polar surface area (TPSA) is 153 Å². The van der Waals surface area contributed by atoms with Crippen molar-refractivity contribution in [2.75, 3.05) is 6.61 Å². The number of esters is 1. The number of amides is 1. The summed E-state index contributed by atoms with van der Waals surface area (Å²) in [5.41, 5.74) is 4.04. The number of hydrogen-bond donors (Lipinski definition) is 3. The van der Waals surface area contributed by atoms with Crippen LogP contribution in [0.25, 0.3) is 0 Å². The highest BCUT2D eigenvalue weighted by atomic mass is 16.6. The van der Waals surface area contributed by atoms with E-state index in [-0.39, 0.29) is 17.7 Å². The van der Waals surface area contributed by atoms with E-state index in [0.29, 0.717) is 0 Å². The van der Waals surface area contributed by atoms with Crippen molar-refractivity contribution in [1.82, 2.24) is 0 Å². The van der Waals surface area contributed by atoms with Crippen LogP contribution in [0.1, 0.15) is 35.4 Å². The number of carbonyl (C=O) groups is 2. The molecule has 4 N–H and O–H groups in total. The van der Waals surface area contributed by atoms with Gasteiger partial charge in [-0.1, -0.05) is 0 Å². The van der Waals surface area contributed by atoms with Crippen LogP contribution in [0.3, 0.4) is 0 Å². The van der Waals surface area contributed by atoms with Crippen molar-refractivity contribution in [3.63, 3.8) is 0 Å². The number of aliphatic hydroxyl groups excluding tert-OH is 2. The van der Waals surface area contributed by atoms with E-state index >= 15 is 0 Å². The average Bonchev–Trinajstić information content (AvgIpc) is 2.45. The maximum atomic E-state index is 11.6. The quantitative estimate of drug-likeness (QED) is 0.365. The van der Waals surface area contributed by atoms with Gasteiger partial charge in [0, 0.05) is 6.07 Å². The lowest BCUT2D eigenvalue weighted by Gasteiger charge is -2.17. The summed E-state index contributed by atoms with van der Waals surface area (Å²) in [4.78, 5) is 32.6. The second-order valence-electron chi connectivity index (χ2n) is 4.43. The Morgan fingerprint density at radius 2 is 2.05 bits per heavy atom. The molecule has 0 saturated heterocycles. The van der Waals surface area contributed by atoms with Crippen molar-refractivity contribution in [3.05, 3.63) is 39.4 Å². The van der Waals surface area contributed by atoms with E-state index in [4.69, 9.17) is 10.5 Å². The first kappa shape index (κ1) is 17.5. The number of hydrogen-bond acceptors (Lipinski definition) is 7. The molecule has 0 aromatic heterocycles. The van der Waals surface area contributed by atoms with Gasteiger partial charge in [0.25, 0.3) is 5.69 Å². The lowest BCUT2D eigenvalue weighted by Crippen LogP contribution is -2.26. The lowest BCUT2D eigenvalue weighted by molar-refractivity contribution is -0.386. The Hall–Kier alpha value is -2.52. The van der Waals surface area contributed by atoms with Gasteiger partial charge in [-0.3, -0.25) is 14.9 Å². The Balaban J connectivity index is 3.17. The number of aliphatic hydroxyl groups is 2. The van der Waals surface area contributed by atoms with Crippen LogP contribution in [0.5, 0.6) is 0 Å². The molecule has 0 aliphatic carbocycles. The minimum Gasteiger partial charge on any atom is -0.462 e. The van der Waals surface area contributed by atoms with Gasteiger partial charge in [-0.15, -0.1) is 0 Å². The summed E-state index contributed by atoms with van der Waals surface area (Å²) in [5, 5.41) is 30.6. The first-order chi connectivity index (χ1) is 10.3. The Morgan fingerprint density at radius 3 is 2.55 bits per heavy atom. The van der Waals surface area contributed by atoms with Gasteiger partial charge < -0.3 is 20.7 Å². The van der Waals surface area contributed by atoms with Gasteiger partial charge in [0.05, 0.1) is 35.2 Å². The molecule has 0 aliphatic rings. The molecule has 0 fully saturated rings. The monoisotopic (exact) mass is 312 g/mol. The molecule has 22 heavy (non-hydrogen) atoms. The second-order valence-corrected chi connectivity index (χ2v) is 4.43. The van der Waals surface area contributed by atoms with Gasteiger partial charge >= 0.3 is 5.97 Å². The smallest absolute Gasteiger partial charge is 0.338 e. The zero-order valence-electron chi connectivity index (χ0n) is 11.8. The Labute approximate surface area is 125 Å². The summed E-state index contributed by atoms with van der Waals surface area (Å²) < 4.78 is 4.73.